The fourth-order valence-corrected chi connectivity index (χ4v) is 5.52. The number of aryl methyl sites for hydroxylation is 1. The largest absolute Gasteiger partial charge is 0.378 e. The number of nitrogens with one attached hydrogen (secondary N) is 3. The molecule has 1 atom stereocenters. The number of thiocarbonyl (C=S) groups is 1. The van der Waals surface area contributed by atoms with E-state index < -0.39 is 11.5 Å². The number of benzene rings is 2. The first-order valence-corrected chi connectivity index (χ1v) is 13.1. The van der Waals surface area contributed by atoms with Crippen molar-refractivity contribution in [2.24, 2.45) is 0 Å². The fraction of sp³-hybridized carbons (Fsp3) is 0.261. The van der Waals surface area contributed by atoms with Gasteiger partial charge in [0.05, 0.1) is 23.2 Å². The molecule has 36 heavy (non-hydrogen) atoms. The summed E-state index contributed by atoms with van der Waals surface area (Å²) in [6, 6.07) is 13.1. The van der Waals surface area contributed by atoms with E-state index in [1.165, 1.54) is 16.7 Å². The van der Waals surface area contributed by atoms with Gasteiger partial charge in [0.2, 0.25) is 5.91 Å². The lowest BCUT2D eigenvalue weighted by atomic mass is 10.2. The summed E-state index contributed by atoms with van der Waals surface area (Å²) in [6.07, 6.45) is 0. The van der Waals surface area contributed by atoms with Gasteiger partial charge in [-0.05, 0) is 55.0 Å². The maximum absolute atomic E-state index is 12.8. The minimum absolute atomic E-state index is 0.124. The quantitative estimate of drug-likeness (QED) is 0.294. The Hall–Kier alpha value is -3.00. The van der Waals surface area contributed by atoms with Crippen LogP contribution >= 0.6 is 39.9 Å². The van der Waals surface area contributed by atoms with Crippen LogP contribution in [0.1, 0.15) is 16.8 Å². The highest BCUT2D eigenvalue weighted by atomic mass is 79.9. The number of rotatable bonds is 6. The van der Waals surface area contributed by atoms with Crippen molar-refractivity contribution in [3.63, 3.8) is 0 Å². The summed E-state index contributed by atoms with van der Waals surface area (Å²) in [6.45, 7) is 1.42. The van der Waals surface area contributed by atoms with Gasteiger partial charge in [0.1, 0.15) is 11.2 Å². The highest BCUT2D eigenvalue weighted by Crippen LogP contribution is 2.39. The van der Waals surface area contributed by atoms with E-state index >= 15 is 0 Å². The summed E-state index contributed by atoms with van der Waals surface area (Å²) in [5.41, 5.74) is 10.2. The Labute approximate surface area is 225 Å². The van der Waals surface area contributed by atoms with Crippen molar-refractivity contribution in [1.82, 2.24) is 25.4 Å². The molecule has 3 N–H and O–H groups in total. The molecule has 0 radical (unpaired) electrons. The van der Waals surface area contributed by atoms with Crippen LogP contribution in [0.2, 0.25) is 0 Å². The minimum atomic E-state index is -0.496. The van der Waals surface area contributed by atoms with Crippen LogP contribution in [-0.4, -0.2) is 57.9 Å². The van der Waals surface area contributed by atoms with E-state index in [4.69, 9.17) is 12.2 Å². The number of amides is 2. The molecule has 2 amide bonds. The van der Waals surface area contributed by atoms with E-state index in [2.05, 4.69) is 37.2 Å². The van der Waals surface area contributed by atoms with Crippen LogP contribution in [0.3, 0.4) is 0 Å². The molecule has 13 heteroatoms. The second-order valence-electron chi connectivity index (χ2n) is 8.19. The number of hydrogen-bond donors (Lipinski definition) is 3. The van der Waals surface area contributed by atoms with Crippen molar-refractivity contribution >= 4 is 73.4 Å². The van der Waals surface area contributed by atoms with Crippen LogP contribution in [0.25, 0.3) is 10.9 Å². The monoisotopic (exact) mass is 589 g/mol. The Balaban J connectivity index is 1.38. The van der Waals surface area contributed by atoms with E-state index in [0.29, 0.717) is 22.5 Å². The van der Waals surface area contributed by atoms with E-state index in [1.54, 1.807) is 25.1 Å². The summed E-state index contributed by atoms with van der Waals surface area (Å²) in [4.78, 5) is 45.8. The summed E-state index contributed by atoms with van der Waals surface area (Å²) >= 11 is 10.3. The van der Waals surface area contributed by atoms with E-state index in [0.717, 1.165) is 20.4 Å². The van der Waals surface area contributed by atoms with Gasteiger partial charge in [-0.25, -0.2) is 15.1 Å². The van der Waals surface area contributed by atoms with Crippen LogP contribution in [0.5, 0.6) is 0 Å². The zero-order chi connectivity index (χ0) is 26.0. The lowest BCUT2D eigenvalue weighted by molar-refractivity contribution is -0.124. The number of halogens is 1. The molecule has 1 unspecified atom stereocenters. The third-order valence-electron chi connectivity index (χ3n) is 5.46. The van der Waals surface area contributed by atoms with Gasteiger partial charge in [0, 0.05) is 24.3 Å². The molecule has 4 rings (SSSR count). The van der Waals surface area contributed by atoms with Crippen molar-refractivity contribution in [2.75, 3.05) is 36.7 Å². The first kappa shape index (κ1) is 26.1. The smallest absolute Gasteiger partial charge is 0.280 e. The minimum Gasteiger partial charge on any atom is -0.378 e. The zero-order valence-corrected chi connectivity index (χ0v) is 23.0. The van der Waals surface area contributed by atoms with Crippen molar-refractivity contribution in [3.8, 4) is 0 Å². The van der Waals surface area contributed by atoms with Gasteiger partial charge in [-0.2, -0.15) is 0 Å². The van der Waals surface area contributed by atoms with Crippen LogP contribution < -0.4 is 26.7 Å². The van der Waals surface area contributed by atoms with Gasteiger partial charge < -0.3 is 4.90 Å². The number of hydrazine groups is 1. The second-order valence-corrected chi connectivity index (χ2v) is 10.6. The van der Waals surface area contributed by atoms with Gasteiger partial charge in [0.15, 0.2) is 5.11 Å². The molecule has 0 saturated carbocycles. The summed E-state index contributed by atoms with van der Waals surface area (Å²) in [5.74, 6) is 0.0236. The lowest BCUT2D eigenvalue weighted by Crippen LogP contribution is -2.50. The highest BCUT2D eigenvalue weighted by Gasteiger charge is 2.35. The molecular weight excluding hydrogens is 566 g/mol. The highest BCUT2D eigenvalue weighted by molar-refractivity contribution is 9.10. The first-order valence-electron chi connectivity index (χ1n) is 10.9. The van der Waals surface area contributed by atoms with E-state index in [9.17, 15) is 14.4 Å². The third kappa shape index (κ3) is 5.53. The van der Waals surface area contributed by atoms with Gasteiger partial charge in [-0.15, -0.1) is 11.8 Å². The van der Waals surface area contributed by atoms with Crippen molar-refractivity contribution in [1.29, 1.82) is 0 Å². The third-order valence-corrected chi connectivity index (χ3v) is 7.46. The Morgan fingerprint density at radius 2 is 1.94 bits per heavy atom. The number of hydrogen-bond acceptors (Lipinski definition) is 8. The Morgan fingerprint density at radius 1 is 1.22 bits per heavy atom. The Bertz CT molecular complexity index is 1390. The molecule has 3 aromatic rings. The number of carbonyl (C=O) groups excluding carboxylic acids is 2. The number of nitrogens with zero attached hydrogens (tertiary/aromatic N) is 4. The molecule has 0 bridgehead atoms. The predicted molar refractivity (Wildman–Crippen MR) is 149 cm³/mol. The van der Waals surface area contributed by atoms with Crippen LogP contribution in [0.15, 0.2) is 51.7 Å². The van der Waals surface area contributed by atoms with E-state index in [1.807, 2.05) is 43.3 Å². The number of anilines is 1. The van der Waals surface area contributed by atoms with Crippen LogP contribution in [0, 0.1) is 6.92 Å². The number of thioether (sulfide) groups is 1. The number of aromatic nitrogens is 2. The standard InChI is InChI=1S/C23H24BrN7O3S2/c1-13-26-18-9-6-15(24)10-17(18)21(34)31(13)28-19(32)11-25-27-23(35)30-20(33)12-36-22(30)14-4-7-16(8-5-14)29(2)3/h4-10,22,25H,11-12H2,1-3H3,(H,27,35)(H,28,32). The van der Waals surface area contributed by atoms with Crippen molar-refractivity contribution in [3.05, 3.63) is 68.7 Å². The molecule has 2 aromatic carbocycles. The molecule has 1 saturated heterocycles. The predicted octanol–water partition coefficient (Wildman–Crippen LogP) is 2.26. The SMILES string of the molecule is Cc1nc2ccc(Br)cc2c(=O)n1NC(=O)CNNC(=S)N1C(=O)CSC1c1ccc(N(C)C)cc1. The molecule has 10 nitrogen and oxygen atoms in total. The zero-order valence-electron chi connectivity index (χ0n) is 19.7. The van der Waals surface area contributed by atoms with Crippen molar-refractivity contribution < 1.29 is 9.59 Å². The second kappa shape index (κ2) is 10.9. The molecule has 0 spiro atoms. The molecule has 1 fully saturated rings. The van der Waals surface area contributed by atoms with Gasteiger partial charge in [0.25, 0.3) is 11.5 Å². The molecular formula is C23H24BrN7O3S2. The Kier molecular flexibility index (Phi) is 7.93. The maximum Gasteiger partial charge on any atom is 0.280 e. The van der Waals surface area contributed by atoms with E-state index in [-0.39, 0.29) is 22.9 Å². The van der Waals surface area contributed by atoms with Crippen LogP contribution in [0.4, 0.5) is 5.69 Å². The summed E-state index contributed by atoms with van der Waals surface area (Å²) in [5, 5.41) is 0.260. The molecule has 0 aliphatic carbocycles. The number of carbonyl (C=O) groups is 2. The van der Waals surface area contributed by atoms with Gasteiger partial charge in [-0.3, -0.25) is 30.1 Å². The van der Waals surface area contributed by atoms with Gasteiger partial charge in [-0.1, -0.05) is 28.1 Å². The maximum atomic E-state index is 12.8. The molecule has 188 valence electrons. The molecule has 1 aliphatic rings. The molecule has 1 aliphatic heterocycles. The fourth-order valence-electron chi connectivity index (χ4n) is 3.65. The molecule has 1 aromatic heterocycles. The average molecular weight is 591 g/mol. The molecule has 2 heterocycles. The van der Waals surface area contributed by atoms with Crippen molar-refractivity contribution in [2.45, 2.75) is 12.3 Å². The number of fused-ring (bicyclic) bond motifs is 1. The average Bonchev–Trinajstić information content (AvgIpc) is 3.23. The Morgan fingerprint density at radius 3 is 2.64 bits per heavy atom. The van der Waals surface area contributed by atoms with Crippen LogP contribution in [-0.2, 0) is 9.59 Å². The topological polar surface area (TPSA) is 112 Å². The summed E-state index contributed by atoms with van der Waals surface area (Å²) < 4.78 is 1.84. The summed E-state index contributed by atoms with van der Waals surface area (Å²) in [7, 11) is 3.92. The van der Waals surface area contributed by atoms with Gasteiger partial charge >= 0.3 is 0 Å². The normalized spacial score (nSPS) is 15.3. The first-order chi connectivity index (χ1) is 17.2. The lowest BCUT2D eigenvalue weighted by Gasteiger charge is -2.25.